The van der Waals surface area contributed by atoms with E-state index < -0.39 is 0 Å². The van der Waals surface area contributed by atoms with Gasteiger partial charge in [0.2, 0.25) is 0 Å². The lowest BCUT2D eigenvalue weighted by Gasteiger charge is -2.54. The van der Waals surface area contributed by atoms with Gasteiger partial charge in [-0.15, -0.1) is 6.58 Å². The van der Waals surface area contributed by atoms with Gasteiger partial charge in [-0.2, -0.15) is 0 Å². The number of rotatable bonds is 8. The molecule has 186 valence electrons. The summed E-state index contributed by atoms with van der Waals surface area (Å²) in [5, 5.41) is 9.71. The number of fused-ring (bicyclic) bond motifs is 1. The number of piperidine rings is 1. The lowest BCUT2D eigenvalue weighted by molar-refractivity contribution is -0.131. The van der Waals surface area contributed by atoms with Crippen LogP contribution in [-0.4, -0.2) is 60.1 Å². The third-order valence-corrected chi connectivity index (χ3v) is 7.84. The molecule has 1 aliphatic heterocycles. The third kappa shape index (κ3) is 6.03. The van der Waals surface area contributed by atoms with Crippen LogP contribution in [0.25, 0.3) is 6.08 Å². The fourth-order valence-corrected chi connectivity index (χ4v) is 6.08. The minimum Gasteiger partial charge on any atom is -0.508 e. The molecule has 2 fully saturated rings. The Labute approximate surface area is 209 Å². The van der Waals surface area contributed by atoms with Crippen LogP contribution in [0.4, 0.5) is 0 Å². The average molecular weight is 475 g/mol. The fourth-order valence-electron chi connectivity index (χ4n) is 6.08. The molecule has 0 aromatic heterocycles. The highest BCUT2D eigenvalue weighted by molar-refractivity contribution is 5.69. The van der Waals surface area contributed by atoms with Gasteiger partial charge in [0.05, 0.1) is 0 Å². The minimum absolute atomic E-state index is 0.0694. The Hall–Kier alpha value is -2.89. The van der Waals surface area contributed by atoms with Crippen LogP contribution in [0.1, 0.15) is 43.7 Å². The van der Waals surface area contributed by atoms with E-state index >= 15 is 0 Å². The SMILES string of the molecule is C=CCN1CC[C@@]2(c3cccc(OC(C)=O)c3)C[C@H](N(C)CC=Cc3cccc(O)c3)CC[C@@H]2C1. The molecule has 2 aromatic carbocycles. The van der Waals surface area contributed by atoms with Gasteiger partial charge >= 0.3 is 5.97 Å². The molecule has 0 amide bonds. The normalized spacial score (nSPS) is 24.9. The highest BCUT2D eigenvalue weighted by Crippen LogP contribution is 2.50. The van der Waals surface area contributed by atoms with E-state index in [-0.39, 0.29) is 11.4 Å². The Kier molecular flexibility index (Phi) is 8.09. The summed E-state index contributed by atoms with van der Waals surface area (Å²) in [7, 11) is 2.22. The van der Waals surface area contributed by atoms with Crippen molar-refractivity contribution >= 4 is 12.0 Å². The number of phenols is 1. The molecule has 2 aromatic rings. The lowest BCUT2D eigenvalue weighted by atomic mass is 9.58. The number of nitrogens with zero attached hydrogens (tertiary/aromatic N) is 2. The molecule has 3 atom stereocenters. The first-order chi connectivity index (χ1) is 16.9. The Morgan fingerprint density at radius 1 is 1.26 bits per heavy atom. The quantitative estimate of drug-likeness (QED) is 0.321. The summed E-state index contributed by atoms with van der Waals surface area (Å²) in [5.41, 5.74) is 2.38. The largest absolute Gasteiger partial charge is 0.508 e. The van der Waals surface area contributed by atoms with Gasteiger partial charge in [-0.05, 0) is 80.6 Å². The summed E-state index contributed by atoms with van der Waals surface area (Å²) < 4.78 is 5.46. The number of carbonyl (C=O) groups excluding carboxylic acids is 1. The van der Waals surface area contributed by atoms with Crippen molar-refractivity contribution in [2.45, 2.75) is 44.1 Å². The van der Waals surface area contributed by atoms with E-state index in [0.717, 1.165) is 44.6 Å². The molecule has 0 spiro atoms. The second-order valence-corrected chi connectivity index (χ2v) is 10.1. The van der Waals surface area contributed by atoms with Crippen LogP contribution in [-0.2, 0) is 10.2 Å². The molecule has 2 aliphatic rings. The van der Waals surface area contributed by atoms with Crippen molar-refractivity contribution in [1.29, 1.82) is 0 Å². The smallest absolute Gasteiger partial charge is 0.308 e. The van der Waals surface area contributed by atoms with Crippen molar-refractivity contribution in [3.05, 3.63) is 78.4 Å². The van der Waals surface area contributed by atoms with Crippen molar-refractivity contribution in [3.63, 3.8) is 0 Å². The molecule has 5 heteroatoms. The number of aromatic hydroxyl groups is 1. The predicted octanol–water partition coefficient (Wildman–Crippen LogP) is 5.26. The minimum atomic E-state index is -0.281. The van der Waals surface area contributed by atoms with E-state index in [9.17, 15) is 9.90 Å². The molecular weight excluding hydrogens is 436 g/mol. The van der Waals surface area contributed by atoms with E-state index in [4.69, 9.17) is 4.74 Å². The van der Waals surface area contributed by atoms with Crippen molar-refractivity contribution in [2.75, 3.05) is 33.2 Å². The summed E-state index contributed by atoms with van der Waals surface area (Å²) >= 11 is 0. The van der Waals surface area contributed by atoms with Crippen LogP contribution in [0, 0.1) is 5.92 Å². The van der Waals surface area contributed by atoms with Crippen LogP contribution in [0.2, 0.25) is 0 Å². The number of ether oxygens (including phenoxy) is 1. The molecule has 35 heavy (non-hydrogen) atoms. The van der Waals surface area contributed by atoms with E-state index in [1.54, 1.807) is 12.1 Å². The van der Waals surface area contributed by atoms with Crippen molar-refractivity contribution < 1.29 is 14.6 Å². The van der Waals surface area contributed by atoms with Gasteiger partial charge in [0.25, 0.3) is 0 Å². The van der Waals surface area contributed by atoms with Gasteiger partial charge in [-0.25, -0.2) is 0 Å². The molecule has 0 radical (unpaired) electrons. The van der Waals surface area contributed by atoms with Crippen molar-refractivity contribution in [3.8, 4) is 11.5 Å². The summed E-state index contributed by atoms with van der Waals surface area (Å²) in [6.45, 7) is 9.33. The van der Waals surface area contributed by atoms with Crippen LogP contribution in [0.5, 0.6) is 11.5 Å². The summed E-state index contributed by atoms with van der Waals surface area (Å²) in [5.74, 6) is 1.22. The number of hydrogen-bond donors (Lipinski definition) is 1. The van der Waals surface area contributed by atoms with Crippen LogP contribution >= 0.6 is 0 Å². The third-order valence-electron chi connectivity index (χ3n) is 7.84. The first-order valence-corrected chi connectivity index (χ1v) is 12.7. The molecule has 1 N–H and O–H groups in total. The Morgan fingerprint density at radius 2 is 2.09 bits per heavy atom. The van der Waals surface area contributed by atoms with Gasteiger partial charge < -0.3 is 9.84 Å². The fraction of sp³-hybridized carbons (Fsp3) is 0.433. The number of likely N-dealkylation sites (tertiary alicyclic amines) is 1. The van der Waals surface area contributed by atoms with Crippen molar-refractivity contribution in [2.24, 2.45) is 5.92 Å². The monoisotopic (exact) mass is 474 g/mol. The van der Waals surface area contributed by atoms with Crippen LogP contribution in [0.15, 0.2) is 67.3 Å². The molecule has 1 heterocycles. The second-order valence-electron chi connectivity index (χ2n) is 10.1. The van der Waals surface area contributed by atoms with E-state index in [2.05, 4.69) is 47.7 Å². The predicted molar refractivity (Wildman–Crippen MR) is 142 cm³/mol. The zero-order valence-electron chi connectivity index (χ0n) is 21.0. The van der Waals surface area contributed by atoms with E-state index in [1.165, 1.54) is 25.3 Å². The summed E-state index contributed by atoms with van der Waals surface area (Å²) in [6, 6.07) is 16.1. The highest BCUT2D eigenvalue weighted by Gasteiger charge is 2.48. The number of esters is 1. The lowest BCUT2D eigenvalue weighted by Crippen LogP contribution is -2.55. The maximum atomic E-state index is 11.6. The van der Waals surface area contributed by atoms with Gasteiger partial charge in [-0.1, -0.05) is 42.5 Å². The maximum Gasteiger partial charge on any atom is 0.308 e. The Balaban J connectivity index is 1.54. The summed E-state index contributed by atoms with van der Waals surface area (Å²) in [6.07, 6.45) is 10.8. The highest BCUT2D eigenvalue weighted by atomic mass is 16.5. The van der Waals surface area contributed by atoms with Crippen molar-refractivity contribution in [1.82, 2.24) is 9.80 Å². The van der Waals surface area contributed by atoms with E-state index in [1.807, 2.05) is 30.3 Å². The topological polar surface area (TPSA) is 53.0 Å². The molecule has 0 bridgehead atoms. The standard InChI is InChI=1S/C30H38N2O3/c1-4-16-32-18-15-30(25-10-6-12-29(20-25)35-23(2)33)21-27(14-13-26(30)22-32)31(3)17-7-9-24-8-5-11-28(34)19-24/h4-12,19-20,26-27,34H,1,13-18,21-22H2,2-3H3/t26-,27-,30+/m1/s1. The molecule has 1 saturated heterocycles. The van der Waals surface area contributed by atoms with Gasteiger partial charge in [0.15, 0.2) is 0 Å². The number of hydrogen-bond acceptors (Lipinski definition) is 5. The molecule has 4 rings (SSSR count). The molecule has 0 unspecified atom stereocenters. The Morgan fingerprint density at radius 3 is 2.86 bits per heavy atom. The van der Waals surface area contributed by atoms with Crippen LogP contribution in [0.3, 0.4) is 0 Å². The number of likely N-dealkylation sites (N-methyl/N-ethyl adjacent to an activating group) is 1. The van der Waals surface area contributed by atoms with Crippen LogP contribution < -0.4 is 4.74 Å². The first kappa shape index (κ1) is 25.2. The summed E-state index contributed by atoms with van der Waals surface area (Å²) in [4.78, 5) is 16.6. The first-order valence-electron chi connectivity index (χ1n) is 12.7. The van der Waals surface area contributed by atoms with Gasteiger partial charge in [0, 0.05) is 38.0 Å². The van der Waals surface area contributed by atoms with E-state index in [0.29, 0.717) is 23.5 Å². The molecule has 1 saturated carbocycles. The zero-order chi connectivity index (χ0) is 24.8. The van der Waals surface area contributed by atoms with Gasteiger partial charge in [0.1, 0.15) is 11.5 Å². The van der Waals surface area contributed by atoms with Gasteiger partial charge in [-0.3, -0.25) is 14.6 Å². The molecular formula is C30H38N2O3. The second kappa shape index (κ2) is 11.2. The number of phenolic OH excluding ortho intramolecular Hbond substituents is 1. The molecule has 1 aliphatic carbocycles. The molecule has 5 nitrogen and oxygen atoms in total. The zero-order valence-corrected chi connectivity index (χ0v) is 21.0. The number of carbonyl (C=O) groups is 1. The number of benzene rings is 2. The Bertz CT molecular complexity index is 1070. The maximum absolute atomic E-state index is 11.6. The average Bonchev–Trinajstić information content (AvgIpc) is 2.83.